The van der Waals surface area contributed by atoms with E-state index in [4.69, 9.17) is 5.73 Å². The Morgan fingerprint density at radius 1 is 0.520 bits per heavy atom. The number of hydrogen-bond donors (Lipinski definition) is 1. The molecule has 4 aromatic carbocycles. The Bertz CT molecular complexity index is 1040. The molecule has 25 heavy (non-hydrogen) atoms. The lowest BCUT2D eigenvalue weighted by atomic mass is 10.1. The Hall–Kier alpha value is -3.46. The number of nitrogens with zero attached hydrogens (tertiary/aromatic N) is 2. The van der Waals surface area contributed by atoms with E-state index in [2.05, 4.69) is 34.5 Å². The first-order chi connectivity index (χ1) is 12.3. The van der Waals surface area contributed by atoms with E-state index in [-0.39, 0.29) is 0 Å². The third-order valence-electron chi connectivity index (χ3n) is 4.18. The van der Waals surface area contributed by atoms with Gasteiger partial charge in [0.1, 0.15) is 0 Å². The Kier molecular flexibility index (Phi) is 3.97. The van der Waals surface area contributed by atoms with Crippen molar-refractivity contribution in [2.75, 3.05) is 5.73 Å². The molecule has 4 rings (SSSR count). The maximum Gasteiger partial charge on any atom is 0.0936 e. The van der Waals surface area contributed by atoms with Gasteiger partial charge in [0.05, 0.1) is 11.4 Å². The highest BCUT2D eigenvalue weighted by Crippen LogP contribution is 2.31. The van der Waals surface area contributed by atoms with Crippen LogP contribution in [0.4, 0.5) is 17.1 Å². The Morgan fingerprint density at radius 3 is 1.92 bits per heavy atom. The van der Waals surface area contributed by atoms with Gasteiger partial charge in [-0.15, -0.1) is 5.11 Å². The van der Waals surface area contributed by atoms with Crippen LogP contribution in [-0.2, 0) is 0 Å². The smallest absolute Gasteiger partial charge is 0.0936 e. The van der Waals surface area contributed by atoms with Crippen LogP contribution >= 0.6 is 0 Å². The van der Waals surface area contributed by atoms with Crippen LogP contribution in [0.2, 0.25) is 0 Å². The van der Waals surface area contributed by atoms with E-state index in [1.807, 2.05) is 66.7 Å². The van der Waals surface area contributed by atoms with Crippen molar-refractivity contribution in [2.45, 2.75) is 0 Å². The van der Waals surface area contributed by atoms with Crippen LogP contribution in [0.3, 0.4) is 0 Å². The summed E-state index contributed by atoms with van der Waals surface area (Å²) >= 11 is 0. The zero-order chi connectivity index (χ0) is 17.1. The number of nitrogens with two attached hydrogens (primary N) is 1. The second kappa shape index (κ2) is 6.57. The minimum atomic E-state index is 0.752. The lowest BCUT2D eigenvalue weighted by Crippen LogP contribution is -1.86. The summed E-state index contributed by atoms with van der Waals surface area (Å²) in [5.41, 5.74) is 10.8. The highest BCUT2D eigenvalue weighted by molar-refractivity contribution is 5.99. The number of benzene rings is 4. The molecule has 0 aliphatic carbocycles. The van der Waals surface area contributed by atoms with Crippen LogP contribution in [0.15, 0.2) is 101 Å². The average Bonchev–Trinajstić information content (AvgIpc) is 2.69. The van der Waals surface area contributed by atoms with Gasteiger partial charge in [0.25, 0.3) is 0 Å². The van der Waals surface area contributed by atoms with Crippen molar-refractivity contribution in [3.8, 4) is 11.1 Å². The van der Waals surface area contributed by atoms with Crippen molar-refractivity contribution < 1.29 is 0 Å². The topological polar surface area (TPSA) is 50.7 Å². The van der Waals surface area contributed by atoms with Gasteiger partial charge in [-0.25, -0.2) is 0 Å². The lowest BCUT2D eigenvalue weighted by Gasteiger charge is -2.04. The van der Waals surface area contributed by atoms with Crippen LogP contribution < -0.4 is 5.73 Å². The molecule has 0 amide bonds. The van der Waals surface area contributed by atoms with Gasteiger partial charge in [-0.05, 0) is 35.4 Å². The number of rotatable bonds is 3. The first-order valence-corrected chi connectivity index (χ1v) is 8.16. The van der Waals surface area contributed by atoms with Crippen LogP contribution in [0.25, 0.3) is 21.9 Å². The van der Waals surface area contributed by atoms with Crippen LogP contribution in [0.5, 0.6) is 0 Å². The minimum Gasteiger partial charge on any atom is -0.398 e. The fourth-order valence-corrected chi connectivity index (χ4v) is 2.86. The van der Waals surface area contributed by atoms with Gasteiger partial charge in [-0.1, -0.05) is 66.7 Å². The predicted octanol–water partition coefficient (Wildman–Crippen LogP) is 6.50. The fraction of sp³-hybridized carbons (Fsp3) is 0. The summed E-state index contributed by atoms with van der Waals surface area (Å²) in [4.78, 5) is 0. The number of azo groups is 1. The zero-order valence-electron chi connectivity index (χ0n) is 13.6. The molecule has 0 aliphatic rings. The molecule has 0 fully saturated rings. The molecule has 0 bridgehead atoms. The van der Waals surface area contributed by atoms with Gasteiger partial charge < -0.3 is 5.73 Å². The number of anilines is 1. The molecular weight excluding hydrogens is 306 g/mol. The second-order valence-electron chi connectivity index (χ2n) is 5.83. The third-order valence-corrected chi connectivity index (χ3v) is 4.18. The van der Waals surface area contributed by atoms with Crippen molar-refractivity contribution in [1.82, 2.24) is 0 Å². The molecule has 0 saturated heterocycles. The average molecular weight is 323 g/mol. The van der Waals surface area contributed by atoms with Crippen LogP contribution in [-0.4, -0.2) is 0 Å². The zero-order valence-corrected chi connectivity index (χ0v) is 13.6. The van der Waals surface area contributed by atoms with Gasteiger partial charge in [0.2, 0.25) is 0 Å². The first-order valence-electron chi connectivity index (χ1n) is 8.16. The lowest BCUT2D eigenvalue weighted by molar-refractivity contribution is 1.24. The fourth-order valence-electron chi connectivity index (χ4n) is 2.86. The second-order valence-corrected chi connectivity index (χ2v) is 5.83. The Labute approximate surface area is 146 Å². The molecule has 3 heteroatoms. The van der Waals surface area contributed by atoms with Crippen LogP contribution in [0, 0.1) is 0 Å². The molecular formula is C22H17N3. The van der Waals surface area contributed by atoms with Crippen molar-refractivity contribution in [3.63, 3.8) is 0 Å². The first kappa shape index (κ1) is 15.1. The molecule has 120 valence electrons. The predicted molar refractivity (Wildman–Crippen MR) is 104 cm³/mol. The summed E-state index contributed by atoms with van der Waals surface area (Å²) in [6.07, 6.45) is 0. The molecule has 0 unspecified atom stereocenters. The van der Waals surface area contributed by atoms with Gasteiger partial charge in [-0.2, -0.15) is 5.11 Å². The molecule has 0 aliphatic heterocycles. The van der Waals surface area contributed by atoms with E-state index in [1.54, 1.807) is 0 Å². The quantitative estimate of drug-likeness (QED) is 0.339. The molecule has 2 N–H and O–H groups in total. The molecule has 0 spiro atoms. The number of fused-ring (bicyclic) bond motifs is 1. The Morgan fingerprint density at radius 2 is 1.16 bits per heavy atom. The summed E-state index contributed by atoms with van der Waals surface area (Å²) < 4.78 is 0. The van der Waals surface area contributed by atoms with E-state index >= 15 is 0 Å². The molecule has 0 radical (unpaired) electrons. The monoisotopic (exact) mass is 323 g/mol. The SMILES string of the molecule is Nc1ccc(N=Nc2ccc(-c3ccccc3)cc2)c2ccccc12. The molecule has 0 saturated carbocycles. The summed E-state index contributed by atoms with van der Waals surface area (Å²) in [5.74, 6) is 0. The highest BCUT2D eigenvalue weighted by atomic mass is 15.1. The summed E-state index contributed by atoms with van der Waals surface area (Å²) in [6.45, 7) is 0. The van der Waals surface area contributed by atoms with Crippen molar-refractivity contribution in [1.29, 1.82) is 0 Å². The number of hydrogen-bond acceptors (Lipinski definition) is 3. The van der Waals surface area contributed by atoms with Gasteiger partial charge in [-0.3, -0.25) is 0 Å². The van der Waals surface area contributed by atoms with Crippen molar-refractivity contribution >= 4 is 27.8 Å². The van der Waals surface area contributed by atoms with E-state index in [1.165, 1.54) is 5.56 Å². The molecule has 4 aromatic rings. The summed E-state index contributed by atoms with van der Waals surface area (Å²) in [7, 11) is 0. The minimum absolute atomic E-state index is 0.752. The summed E-state index contributed by atoms with van der Waals surface area (Å²) in [6, 6.07) is 30.1. The third kappa shape index (κ3) is 3.12. The van der Waals surface area contributed by atoms with E-state index in [0.29, 0.717) is 0 Å². The standard InChI is InChI=1S/C22H17N3/c23-21-14-15-22(20-9-5-4-8-19(20)21)25-24-18-12-10-17(11-13-18)16-6-2-1-3-7-16/h1-15H,23H2. The maximum absolute atomic E-state index is 6.03. The van der Waals surface area contributed by atoms with E-state index in [9.17, 15) is 0 Å². The van der Waals surface area contributed by atoms with Gasteiger partial charge in [0.15, 0.2) is 0 Å². The highest BCUT2D eigenvalue weighted by Gasteiger charge is 2.03. The number of nitrogen functional groups attached to an aromatic ring is 1. The van der Waals surface area contributed by atoms with E-state index < -0.39 is 0 Å². The molecule has 0 aromatic heterocycles. The molecule has 0 atom stereocenters. The van der Waals surface area contributed by atoms with Gasteiger partial charge >= 0.3 is 0 Å². The molecule has 3 nitrogen and oxygen atoms in total. The summed E-state index contributed by atoms with van der Waals surface area (Å²) in [5, 5.41) is 10.8. The maximum atomic E-state index is 6.03. The van der Waals surface area contributed by atoms with Crippen molar-refractivity contribution in [3.05, 3.63) is 91.0 Å². The van der Waals surface area contributed by atoms with Crippen LogP contribution in [0.1, 0.15) is 0 Å². The largest absolute Gasteiger partial charge is 0.398 e. The normalized spacial score (nSPS) is 11.2. The molecule has 0 heterocycles. The van der Waals surface area contributed by atoms with Crippen molar-refractivity contribution in [2.24, 2.45) is 10.2 Å². The van der Waals surface area contributed by atoms with Gasteiger partial charge in [0, 0.05) is 16.5 Å². The van der Waals surface area contributed by atoms with E-state index in [0.717, 1.165) is 33.4 Å². The Balaban J connectivity index is 1.64.